The molecule has 0 atom stereocenters. The van der Waals surface area contributed by atoms with Crippen LogP contribution in [0.4, 0.5) is 6.01 Å². The molecule has 1 aromatic heterocycles. The van der Waals surface area contributed by atoms with Crippen LogP contribution < -0.4 is 5.73 Å². The molecule has 1 fully saturated rings. The summed E-state index contributed by atoms with van der Waals surface area (Å²) in [6.07, 6.45) is 3.52. The average Bonchev–Trinajstić information content (AvgIpc) is 2.31. The van der Waals surface area contributed by atoms with Gasteiger partial charge in [-0.3, -0.25) is 0 Å². The van der Waals surface area contributed by atoms with E-state index in [0.29, 0.717) is 5.89 Å². The van der Waals surface area contributed by atoms with Gasteiger partial charge in [-0.15, -0.1) is 5.10 Å². The van der Waals surface area contributed by atoms with Crippen LogP contribution >= 0.6 is 0 Å². The monoisotopic (exact) mass is 153 g/mol. The molecule has 1 aromatic rings. The first-order valence-corrected chi connectivity index (χ1v) is 3.80. The predicted octanol–water partition coefficient (Wildman–Crippen LogP) is 1.09. The summed E-state index contributed by atoms with van der Waals surface area (Å²) in [5.41, 5.74) is 5.43. The maximum Gasteiger partial charge on any atom is 0.312 e. The highest BCUT2D eigenvalue weighted by atomic mass is 16.4. The van der Waals surface area contributed by atoms with Crippen LogP contribution in [0, 0.1) is 0 Å². The highest BCUT2D eigenvalue weighted by molar-refractivity contribution is 5.12. The Balaban J connectivity index is 2.28. The Morgan fingerprint density at radius 3 is 2.55 bits per heavy atom. The van der Waals surface area contributed by atoms with Crippen LogP contribution in [0.25, 0.3) is 0 Å². The maximum absolute atomic E-state index is 5.31. The van der Waals surface area contributed by atoms with E-state index in [4.69, 9.17) is 10.2 Å². The third-order valence-electron chi connectivity index (χ3n) is 2.41. The van der Waals surface area contributed by atoms with E-state index < -0.39 is 0 Å². The van der Waals surface area contributed by atoms with Crippen molar-refractivity contribution >= 4 is 6.01 Å². The number of aromatic nitrogens is 2. The smallest absolute Gasteiger partial charge is 0.312 e. The number of nitrogen functional groups attached to an aromatic ring is 1. The largest absolute Gasteiger partial charge is 0.408 e. The predicted molar refractivity (Wildman–Crippen MR) is 39.9 cm³/mol. The second kappa shape index (κ2) is 1.96. The van der Waals surface area contributed by atoms with Gasteiger partial charge in [0.2, 0.25) is 5.89 Å². The lowest BCUT2D eigenvalue weighted by Crippen LogP contribution is -2.30. The number of nitrogens with two attached hydrogens (primary N) is 1. The van der Waals surface area contributed by atoms with E-state index in [1.54, 1.807) is 0 Å². The first-order valence-electron chi connectivity index (χ1n) is 3.80. The molecule has 1 aliphatic rings. The van der Waals surface area contributed by atoms with Crippen molar-refractivity contribution in [3.05, 3.63) is 5.89 Å². The number of anilines is 1. The molecule has 0 unspecified atom stereocenters. The van der Waals surface area contributed by atoms with Gasteiger partial charge in [-0.05, 0) is 12.8 Å². The lowest BCUT2D eigenvalue weighted by atomic mass is 9.70. The Morgan fingerprint density at radius 2 is 2.18 bits per heavy atom. The van der Waals surface area contributed by atoms with Crippen molar-refractivity contribution < 1.29 is 4.42 Å². The van der Waals surface area contributed by atoms with Crippen molar-refractivity contribution in [2.75, 3.05) is 5.73 Å². The minimum atomic E-state index is 0.116. The highest BCUT2D eigenvalue weighted by Gasteiger charge is 2.38. The SMILES string of the molecule is CC1(c2nnc(N)o2)CCC1. The number of rotatable bonds is 1. The summed E-state index contributed by atoms with van der Waals surface area (Å²) in [5.74, 6) is 0.696. The molecule has 0 aromatic carbocycles. The van der Waals surface area contributed by atoms with Crippen molar-refractivity contribution in [2.45, 2.75) is 31.6 Å². The minimum Gasteiger partial charge on any atom is -0.408 e. The summed E-state index contributed by atoms with van der Waals surface area (Å²) in [4.78, 5) is 0. The number of hydrogen-bond donors (Lipinski definition) is 1. The molecule has 4 heteroatoms. The maximum atomic E-state index is 5.31. The zero-order chi connectivity index (χ0) is 7.90. The summed E-state index contributed by atoms with van der Waals surface area (Å²) >= 11 is 0. The Bertz CT molecular complexity index is 264. The summed E-state index contributed by atoms with van der Waals surface area (Å²) in [5, 5.41) is 7.49. The summed E-state index contributed by atoms with van der Waals surface area (Å²) in [6.45, 7) is 2.13. The van der Waals surface area contributed by atoms with E-state index in [1.165, 1.54) is 6.42 Å². The molecule has 1 saturated carbocycles. The van der Waals surface area contributed by atoms with Gasteiger partial charge in [0.05, 0.1) is 0 Å². The zero-order valence-corrected chi connectivity index (χ0v) is 6.50. The van der Waals surface area contributed by atoms with Gasteiger partial charge in [-0.2, -0.15) is 0 Å². The van der Waals surface area contributed by atoms with E-state index in [2.05, 4.69) is 17.1 Å². The third kappa shape index (κ3) is 0.895. The van der Waals surface area contributed by atoms with Crippen molar-refractivity contribution in [3.8, 4) is 0 Å². The summed E-state index contributed by atoms with van der Waals surface area (Å²) < 4.78 is 5.15. The summed E-state index contributed by atoms with van der Waals surface area (Å²) in [6, 6.07) is 0.174. The fourth-order valence-electron chi connectivity index (χ4n) is 1.40. The third-order valence-corrected chi connectivity index (χ3v) is 2.41. The van der Waals surface area contributed by atoms with Crippen molar-refractivity contribution in [2.24, 2.45) is 0 Å². The van der Waals surface area contributed by atoms with Crippen LogP contribution in [0.2, 0.25) is 0 Å². The molecule has 0 spiro atoms. The molecule has 2 rings (SSSR count). The van der Waals surface area contributed by atoms with Crippen molar-refractivity contribution in [1.29, 1.82) is 0 Å². The topological polar surface area (TPSA) is 64.9 Å². The summed E-state index contributed by atoms with van der Waals surface area (Å²) in [7, 11) is 0. The molecular weight excluding hydrogens is 142 g/mol. The number of nitrogens with zero attached hydrogens (tertiary/aromatic N) is 2. The quantitative estimate of drug-likeness (QED) is 0.656. The van der Waals surface area contributed by atoms with Gasteiger partial charge in [0.1, 0.15) is 0 Å². The van der Waals surface area contributed by atoms with Gasteiger partial charge in [-0.1, -0.05) is 18.4 Å². The zero-order valence-electron chi connectivity index (χ0n) is 6.50. The Hall–Kier alpha value is -1.06. The van der Waals surface area contributed by atoms with Crippen LogP contribution in [0.3, 0.4) is 0 Å². The Morgan fingerprint density at radius 1 is 1.45 bits per heavy atom. The van der Waals surface area contributed by atoms with E-state index in [1.807, 2.05) is 0 Å². The first-order chi connectivity index (χ1) is 5.21. The molecule has 0 amide bonds. The molecular formula is C7H11N3O. The van der Waals surface area contributed by atoms with Crippen molar-refractivity contribution in [1.82, 2.24) is 10.2 Å². The van der Waals surface area contributed by atoms with E-state index in [-0.39, 0.29) is 11.4 Å². The fraction of sp³-hybridized carbons (Fsp3) is 0.714. The lowest BCUT2D eigenvalue weighted by molar-refractivity contribution is 0.216. The fourth-order valence-corrected chi connectivity index (χ4v) is 1.40. The Labute approximate surface area is 64.8 Å². The van der Waals surface area contributed by atoms with Crippen LogP contribution in [0.5, 0.6) is 0 Å². The molecule has 0 saturated heterocycles. The second-order valence-corrected chi connectivity index (χ2v) is 3.36. The van der Waals surface area contributed by atoms with Gasteiger partial charge < -0.3 is 10.2 Å². The molecule has 0 radical (unpaired) electrons. The van der Waals surface area contributed by atoms with E-state index in [0.717, 1.165) is 12.8 Å². The standard InChI is InChI=1S/C7H11N3O/c1-7(3-2-4-7)5-9-10-6(8)11-5/h2-4H2,1H3,(H2,8,10). The van der Waals surface area contributed by atoms with Gasteiger partial charge in [0.15, 0.2) is 0 Å². The highest BCUT2D eigenvalue weighted by Crippen LogP contribution is 2.42. The molecule has 0 aliphatic heterocycles. The van der Waals surface area contributed by atoms with E-state index in [9.17, 15) is 0 Å². The second-order valence-electron chi connectivity index (χ2n) is 3.36. The van der Waals surface area contributed by atoms with Gasteiger partial charge in [-0.25, -0.2) is 0 Å². The van der Waals surface area contributed by atoms with Gasteiger partial charge in [0, 0.05) is 5.41 Å². The molecule has 1 heterocycles. The van der Waals surface area contributed by atoms with E-state index >= 15 is 0 Å². The average molecular weight is 153 g/mol. The van der Waals surface area contributed by atoms with Gasteiger partial charge in [0.25, 0.3) is 0 Å². The number of hydrogen-bond acceptors (Lipinski definition) is 4. The lowest BCUT2D eigenvalue weighted by Gasteiger charge is -2.34. The van der Waals surface area contributed by atoms with Crippen molar-refractivity contribution in [3.63, 3.8) is 0 Å². The minimum absolute atomic E-state index is 0.116. The molecule has 4 nitrogen and oxygen atoms in total. The Kier molecular flexibility index (Phi) is 1.19. The molecule has 1 aliphatic carbocycles. The molecule has 60 valence electrons. The van der Waals surface area contributed by atoms with Crippen LogP contribution in [-0.4, -0.2) is 10.2 Å². The molecule has 0 bridgehead atoms. The first kappa shape index (κ1) is 6.64. The van der Waals surface area contributed by atoms with Crippen LogP contribution in [0.1, 0.15) is 32.1 Å². The van der Waals surface area contributed by atoms with Crippen LogP contribution in [-0.2, 0) is 5.41 Å². The molecule has 2 N–H and O–H groups in total. The normalized spacial score (nSPS) is 21.2. The molecule has 11 heavy (non-hydrogen) atoms. The van der Waals surface area contributed by atoms with Crippen LogP contribution in [0.15, 0.2) is 4.42 Å². The van der Waals surface area contributed by atoms with Gasteiger partial charge >= 0.3 is 6.01 Å².